The van der Waals surface area contributed by atoms with E-state index in [1.807, 2.05) is 13.8 Å². The van der Waals surface area contributed by atoms with Crippen molar-refractivity contribution in [1.82, 2.24) is 4.31 Å². The van der Waals surface area contributed by atoms with Crippen LogP contribution in [-0.2, 0) is 10.0 Å². The summed E-state index contributed by atoms with van der Waals surface area (Å²) in [5, 5.41) is 9.39. The summed E-state index contributed by atoms with van der Waals surface area (Å²) < 4.78 is 27.0. The third-order valence-corrected chi connectivity index (χ3v) is 7.03. The van der Waals surface area contributed by atoms with E-state index in [4.69, 9.17) is 5.73 Å². The van der Waals surface area contributed by atoms with Crippen molar-refractivity contribution in [2.24, 2.45) is 0 Å². The van der Waals surface area contributed by atoms with Crippen molar-refractivity contribution >= 4 is 33.4 Å². The SMILES string of the molecule is CC1SCCN(S(=O)(=O)c2ccc(N)cc2C(=O)O)C1C. The molecule has 1 aliphatic rings. The van der Waals surface area contributed by atoms with Crippen LogP contribution >= 0.6 is 11.8 Å². The van der Waals surface area contributed by atoms with Crippen LogP contribution in [0.5, 0.6) is 0 Å². The molecule has 1 fully saturated rings. The highest BCUT2D eigenvalue weighted by molar-refractivity contribution is 8.00. The number of nitrogens with two attached hydrogens (primary N) is 1. The number of thioether (sulfide) groups is 1. The number of nitrogen functional groups attached to an aromatic ring is 1. The van der Waals surface area contributed by atoms with E-state index in [9.17, 15) is 18.3 Å². The van der Waals surface area contributed by atoms with Crippen LogP contribution in [0.2, 0.25) is 0 Å². The Labute approximate surface area is 128 Å². The third-order valence-electron chi connectivity index (χ3n) is 3.65. The topological polar surface area (TPSA) is 101 Å². The van der Waals surface area contributed by atoms with Crippen molar-refractivity contribution in [3.8, 4) is 0 Å². The molecule has 1 heterocycles. The van der Waals surface area contributed by atoms with E-state index >= 15 is 0 Å². The van der Waals surface area contributed by atoms with Gasteiger partial charge in [-0.05, 0) is 25.1 Å². The maximum Gasteiger partial charge on any atom is 0.337 e. The van der Waals surface area contributed by atoms with Gasteiger partial charge in [-0.3, -0.25) is 0 Å². The van der Waals surface area contributed by atoms with Crippen molar-refractivity contribution in [3.05, 3.63) is 23.8 Å². The highest BCUT2D eigenvalue weighted by Crippen LogP contribution is 2.31. The minimum atomic E-state index is -3.85. The van der Waals surface area contributed by atoms with Gasteiger partial charge in [0.15, 0.2) is 0 Å². The summed E-state index contributed by atoms with van der Waals surface area (Å²) in [6.45, 7) is 4.19. The van der Waals surface area contributed by atoms with E-state index in [0.29, 0.717) is 12.3 Å². The lowest BCUT2D eigenvalue weighted by molar-refractivity contribution is 0.0692. The lowest BCUT2D eigenvalue weighted by Gasteiger charge is -2.36. The fraction of sp³-hybridized carbons (Fsp3) is 0.462. The van der Waals surface area contributed by atoms with Gasteiger partial charge < -0.3 is 10.8 Å². The monoisotopic (exact) mass is 330 g/mol. The molecule has 6 nitrogen and oxygen atoms in total. The van der Waals surface area contributed by atoms with Crippen LogP contribution in [0.1, 0.15) is 24.2 Å². The van der Waals surface area contributed by atoms with Gasteiger partial charge in [-0.1, -0.05) is 6.92 Å². The Kier molecular flexibility index (Phi) is 4.50. The van der Waals surface area contributed by atoms with Gasteiger partial charge in [0.25, 0.3) is 0 Å². The molecular weight excluding hydrogens is 312 g/mol. The second-order valence-corrected chi connectivity index (χ2v) is 8.34. The summed E-state index contributed by atoms with van der Waals surface area (Å²) in [6, 6.07) is 3.68. The largest absolute Gasteiger partial charge is 0.478 e. The maximum atomic E-state index is 12.8. The number of carboxylic acids is 1. The molecule has 0 aromatic heterocycles. The zero-order valence-corrected chi connectivity index (χ0v) is 13.4. The number of hydrogen-bond acceptors (Lipinski definition) is 5. The van der Waals surface area contributed by atoms with E-state index in [-0.39, 0.29) is 27.4 Å². The highest BCUT2D eigenvalue weighted by Gasteiger charge is 2.36. The van der Waals surface area contributed by atoms with E-state index in [1.165, 1.54) is 22.5 Å². The van der Waals surface area contributed by atoms with Crippen LogP contribution in [0.3, 0.4) is 0 Å². The lowest BCUT2D eigenvalue weighted by Crippen LogP contribution is -2.48. The van der Waals surface area contributed by atoms with Crippen LogP contribution in [0.15, 0.2) is 23.1 Å². The average Bonchev–Trinajstić information content (AvgIpc) is 2.41. The molecule has 0 aliphatic carbocycles. The molecule has 0 amide bonds. The van der Waals surface area contributed by atoms with Crippen LogP contribution < -0.4 is 5.73 Å². The molecule has 2 unspecified atom stereocenters. The van der Waals surface area contributed by atoms with E-state index in [1.54, 1.807) is 11.8 Å². The molecule has 116 valence electrons. The molecule has 0 bridgehead atoms. The van der Waals surface area contributed by atoms with Gasteiger partial charge >= 0.3 is 5.97 Å². The molecule has 2 atom stereocenters. The van der Waals surface area contributed by atoms with Gasteiger partial charge in [0.1, 0.15) is 0 Å². The zero-order chi connectivity index (χ0) is 15.8. The maximum absolute atomic E-state index is 12.8. The van der Waals surface area contributed by atoms with Crippen LogP contribution in [0.4, 0.5) is 5.69 Å². The van der Waals surface area contributed by atoms with Crippen LogP contribution in [0.25, 0.3) is 0 Å². The molecule has 2 rings (SSSR count). The molecule has 1 aliphatic heterocycles. The first-order valence-electron chi connectivity index (χ1n) is 6.51. The van der Waals surface area contributed by atoms with Gasteiger partial charge in [-0.2, -0.15) is 16.1 Å². The number of sulfonamides is 1. The second kappa shape index (κ2) is 5.86. The molecule has 0 spiro atoms. The van der Waals surface area contributed by atoms with E-state index in [0.717, 1.165) is 0 Å². The molecule has 21 heavy (non-hydrogen) atoms. The van der Waals surface area contributed by atoms with Crippen LogP contribution in [-0.4, -0.2) is 47.4 Å². The number of anilines is 1. The van der Waals surface area contributed by atoms with Gasteiger partial charge in [-0.15, -0.1) is 0 Å². The predicted molar refractivity (Wildman–Crippen MR) is 83.1 cm³/mol. The van der Waals surface area contributed by atoms with E-state index < -0.39 is 16.0 Å². The molecule has 0 saturated carbocycles. The van der Waals surface area contributed by atoms with Gasteiger partial charge in [0, 0.05) is 29.3 Å². The normalized spacial score (nSPS) is 23.9. The summed E-state index contributed by atoms with van der Waals surface area (Å²) in [5.41, 5.74) is 5.50. The molecule has 0 radical (unpaired) electrons. The van der Waals surface area contributed by atoms with Gasteiger partial charge in [0.2, 0.25) is 10.0 Å². The minimum absolute atomic E-state index is 0.163. The number of nitrogens with zero attached hydrogens (tertiary/aromatic N) is 1. The Morgan fingerprint density at radius 1 is 1.43 bits per heavy atom. The van der Waals surface area contributed by atoms with Gasteiger partial charge in [0.05, 0.1) is 10.5 Å². The molecule has 1 aromatic carbocycles. The highest BCUT2D eigenvalue weighted by atomic mass is 32.2. The second-order valence-electron chi connectivity index (χ2n) is 4.99. The number of carboxylic acid groups (broad SMARTS) is 1. The molecular formula is C13H18N2O4S2. The smallest absolute Gasteiger partial charge is 0.337 e. The number of carbonyl (C=O) groups is 1. The lowest BCUT2D eigenvalue weighted by atomic mass is 10.2. The number of hydrogen-bond donors (Lipinski definition) is 2. The van der Waals surface area contributed by atoms with Crippen molar-refractivity contribution in [1.29, 1.82) is 0 Å². The van der Waals surface area contributed by atoms with Crippen LogP contribution in [0, 0.1) is 0 Å². The fourth-order valence-corrected chi connectivity index (χ4v) is 5.47. The number of rotatable bonds is 3. The van der Waals surface area contributed by atoms with Crippen molar-refractivity contribution in [2.75, 3.05) is 18.0 Å². The first-order valence-corrected chi connectivity index (χ1v) is 9.00. The van der Waals surface area contributed by atoms with E-state index in [2.05, 4.69) is 0 Å². The summed E-state index contributed by atoms with van der Waals surface area (Å²) >= 11 is 1.71. The molecule has 3 N–H and O–H groups in total. The minimum Gasteiger partial charge on any atom is -0.478 e. The average molecular weight is 330 g/mol. The summed E-state index contributed by atoms with van der Waals surface area (Å²) in [4.78, 5) is 11.1. The van der Waals surface area contributed by atoms with Crippen molar-refractivity contribution in [2.45, 2.75) is 30.0 Å². The summed E-state index contributed by atoms with van der Waals surface area (Å²) in [6.07, 6.45) is 0. The standard InChI is InChI=1S/C13H18N2O4S2/c1-8-9(2)20-6-5-15(8)21(18,19)12-4-3-10(14)7-11(12)13(16)17/h3-4,7-9H,5-6,14H2,1-2H3,(H,16,17). The summed E-state index contributed by atoms with van der Waals surface area (Å²) in [5.74, 6) is -0.602. The van der Waals surface area contributed by atoms with Gasteiger partial charge in [-0.25, -0.2) is 13.2 Å². The Bertz CT molecular complexity index is 660. The Morgan fingerprint density at radius 2 is 2.10 bits per heavy atom. The number of aromatic carboxylic acids is 1. The quantitative estimate of drug-likeness (QED) is 0.814. The fourth-order valence-electron chi connectivity index (χ4n) is 2.31. The first-order chi connectivity index (χ1) is 9.75. The first kappa shape index (κ1) is 16.1. The van der Waals surface area contributed by atoms with Crippen molar-refractivity contribution in [3.63, 3.8) is 0 Å². The molecule has 8 heteroatoms. The van der Waals surface area contributed by atoms with Crippen molar-refractivity contribution < 1.29 is 18.3 Å². The number of benzene rings is 1. The molecule has 1 saturated heterocycles. The zero-order valence-electron chi connectivity index (χ0n) is 11.8. The third kappa shape index (κ3) is 3.02. The Hall–Kier alpha value is -1.25. The summed E-state index contributed by atoms with van der Waals surface area (Å²) in [7, 11) is -3.85. The Morgan fingerprint density at radius 3 is 2.71 bits per heavy atom. The Balaban J connectivity index is 2.52. The predicted octanol–water partition coefficient (Wildman–Crippen LogP) is 1.48. The molecule has 1 aromatic rings.